The fraction of sp³-hybridized carbons (Fsp3) is 0.556. The first-order chi connectivity index (χ1) is 11.3. The predicted molar refractivity (Wildman–Crippen MR) is 96.0 cm³/mol. The molecule has 1 amide bonds. The minimum atomic E-state index is 0.0491. The number of nitrogens with two attached hydrogens (primary N) is 1. The van der Waals surface area contributed by atoms with Crippen LogP contribution in [0.4, 0.5) is 0 Å². The highest BCUT2D eigenvalue weighted by molar-refractivity contribution is 5.94. The maximum absolute atomic E-state index is 12.6. The molecule has 0 spiro atoms. The van der Waals surface area contributed by atoms with Gasteiger partial charge in [0.1, 0.15) is 0 Å². The van der Waals surface area contributed by atoms with Crippen LogP contribution in [0.1, 0.15) is 43.6 Å². The number of hydrogen-bond donors (Lipinski definition) is 2. The maximum atomic E-state index is 12.6. The lowest BCUT2D eigenvalue weighted by Gasteiger charge is -2.35. The van der Waals surface area contributed by atoms with E-state index < -0.39 is 0 Å². The molecule has 2 atom stereocenters. The summed E-state index contributed by atoms with van der Waals surface area (Å²) in [7, 11) is 0. The Morgan fingerprint density at radius 3 is 2.42 bits per heavy atom. The molecule has 1 aliphatic heterocycles. The van der Waals surface area contributed by atoms with Crippen LogP contribution in [-0.2, 0) is 11.3 Å². The molecule has 0 radical (unpaired) electrons. The number of ether oxygens (including phenoxy) is 1. The molecule has 24 heavy (non-hydrogen) atoms. The maximum Gasteiger partial charge on any atom is 0.254 e. The third-order valence-electron chi connectivity index (χ3n) is 3.78. The van der Waals surface area contributed by atoms with Gasteiger partial charge in [-0.15, -0.1) is 0 Å². The van der Waals surface area contributed by atoms with Crippen molar-refractivity contribution in [1.82, 2.24) is 10.2 Å². The van der Waals surface area contributed by atoms with Gasteiger partial charge in [0.25, 0.3) is 5.91 Å². The van der Waals surface area contributed by atoms with Crippen LogP contribution in [0.15, 0.2) is 29.3 Å². The summed E-state index contributed by atoms with van der Waals surface area (Å²) < 4.78 is 5.68. The third-order valence-corrected chi connectivity index (χ3v) is 3.78. The quantitative estimate of drug-likeness (QED) is 0.650. The van der Waals surface area contributed by atoms with Gasteiger partial charge >= 0.3 is 0 Å². The molecule has 2 rings (SSSR count). The van der Waals surface area contributed by atoms with Gasteiger partial charge in [-0.3, -0.25) is 4.79 Å². The van der Waals surface area contributed by atoms with Crippen LogP contribution in [0, 0.1) is 0 Å². The van der Waals surface area contributed by atoms with Crippen molar-refractivity contribution in [1.29, 1.82) is 0 Å². The van der Waals surface area contributed by atoms with Crippen LogP contribution < -0.4 is 11.1 Å². The Bertz CT molecular complexity index is 573. The minimum Gasteiger partial charge on any atom is -0.372 e. The van der Waals surface area contributed by atoms with Crippen molar-refractivity contribution in [2.45, 2.75) is 52.5 Å². The lowest BCUT2D eigenvalue weighted by Crippen LogP contribution is -2.48. The first-order valence-corrected chi connectivity index (χ1v) is 8.45. The number of nitrogens with one attached hydrogen (secondary N) is 1. The number of nitrogens with zero attached hydrogens (tertiary/aromatic N) is 2. The van der Waals surface area contributed by atoms with Crippen molar-refractivity contribution in [3.05, 3.63) is 35.4 Å². The molecule has 6 nitrogen and oxygen atoms in total. The summed E-state index contributed by atoms with van der Waals surface area (Å²) in [6, 6.07) is 7.81. The van der Waals surface area contributed by atoms with Crippen molar-refractivity contribution in [3.8, 4) is 0 Å². The van der Waals surface area contributed by atoms with Gasteiger partial charge < -0.3 is 20.7 Å². The molecule has 1 aromatic rings. The molecular formula is C18H28N4O2. The van der Waals surface area contributed by atoms with Gasteiger partial charge in [0.2, 0.25) is 0 Å². The number of benzene rings is 1. The van der Waals surface area contributed by atoms with E-state index in [9.17, 15) is 4.79 Å². The molecular weight excluding hydrogens is 304 g/mol. The Balaban J connectivity index is 1.97. The third kappa shape index (κ3) is 5.23. The smallest absolute Gasteiger partial charge is 0.254 e. The van der Waals surface area contributed by atoms with Gasteiger partial charge in [-0.2, -0.15) is 0 Å². The number of carbonyl (C=O) groups is 1. The average Bonchev–Trinajstić information content (AvgIpc) is 2.51. The standard InChI is InChI=1S/C18H28N4O2/c1-12(2)21-18(19)20-9-15-5-7-16(8-6-15)17(23)22-10-13(3)24-14(4)11-22/h5-8,12-14H,9-11H2,1-4H3,(H3,19,20,21). The molecule has 1 heterocycles. The molecule has 0 bridgehead atoms. The Labute approximate surface area is 144 Å². The monoisotopic (exact) mass is 332 g/mol. The van der Waals surface area contributed by atoms with Gasteiger partial charge in [-0.05, 0) is 45.4 Å². The first-order valence-electron chi connectivity index (χ1n) is 8.45. The Morgan fingerprint density at radius 2 is 1.88 bits per heavy atom. The molecule has 1 saturated heterocycles. The van der Waals surface area contributed by atoms with Crippen LogP contribution >= 0.6 is 0 Å². The van der Waals surface area contributed by atoms with E-state index in [0.717, 1.165) is 5.56 Å². The van der Waals surface area contributed by atoms with Crippen molar-refractivity contribution in [2.24, 2.45) is 10.7 Å². The van der Waals surface area contributed by atoms with Crippen molar-refractivity contribution < 1.29 is 9.53 Å². The second-order valence-electron chi connectivity index (χ2n) is 6.66. The Kier molecular flexibility index (Phi) is 6.20. The van der Waals surface area contributed by atoms with Crippen molar-refractivity contribution in [3.63, 3.8) is 0 Å². The van der Waals surface area contributed by atoms with E-state index in [2.05, 4.69) is 10.3 Å². The molecule has 1 aliphatic rings. The molecule has 0 saturated carbocycles. The van der Waals surface area contributed by atoms with E-state index in [1.165, 1.54) is 0 Å². The molecule has 132 valence electrons. The van der Waals surface area contributed by atoms with Gasteiger partial charge in [0.15, 0.2) is 5.96 Å². The highest BCUT2D eigenvalue weighted by atomic mass is 16.5. The average molecular weight is 332 g/mol. The zero-order valence-corrected chi connectivity index (χ0v) is 15.0. The molecule has 0 aromatic heterocycles. The van der Waals surface area contributed by atoms with Crippen molar-refractivity contribution >= 4 is 11.9 Å². The number of carbonyl (C=O) groups excluding carboxylic acids is 1. The molecule has 2 unspecified atom stereocenters. The topological polar surface area (TPSA) is 79.9 Å². The summed E-state index contributed by atoms with van der Waals surface area (Å²) in [5, 5.41) is 3.05. The van der Waals surface area contributed by atoms with E-state index in [-0.39, 0.29) is 24.2 Å². The van der Waals surface area contributed by atoms with Gasteiger partial charge in [-0.1, -0.05) is 12.1 Å². The summed E-state index contributed by atoms with van der Waals surface area (Å²) in [6.07, 6.45) is 0.144. The van der Waals surface area contributed by atoms with Crippen LogP contribution in [0.5, 0.6) is 0 Å². The Morgan fingerprint density at radius 1 is 1.29 bits per heavy atom. The zero-order chi connectivity index (χ0) is 17.7. The largest absolute Gasteiger partial charge is 0.372 e. The van der Waals surface area contributed by atoms with Crippen LogP contribution in [0.25, 0.3) is 0 Å². The number of aliphatic imine (C=N–C) groups is 1. The first kappa shape index (κ1) is 18.3. The van der Waals surface area contributed by atoms with Crippen LogP contribution in [0.2, 0.25) is 0 Å². The number of guanidine groups is 1. The van der Waals surface area contributed by atoms with Gasteiger partial charge in [-0.25, -0.2) is 4.99 Å². The predicted octanol–water partition coefficient (Wildman–Crippen LogP) is 1.75. The van der Waals surface area contributed by atoms with E-state index in [1.807, 2.05) is 56.9 Å². The number of amides is 1. The number of rotatable bonds is 4. The molecule has 0 aliphatic carbocycles. The molecule has 3 N–H and O–H groups in total. The summed E-state index contributed by atoms with van der Waals surface area (Å²) >= 11 is 0. The summed E-state index contributed by atoms with van der Waals surface area (Å²) in [5.74, 6) is 0.481. The highest BCUT2D eigenvalue weighted by Gasteiger charge is 2.26. The molecule has 1 fully saturated rings. The molecule has 6 heteroatoms. The summed E-state index contributed by atoms with van der Waals surface area (Å²) in [5.41, 5.74) is 7.50. The van der Waals surface area contributed by atoms with Crippen LogP contribution in [-0.4, -0.2) is 48.1 Å². The van der Waals surface area contributed by atoms with E-state index in [0.29, 0.717) is 31.2 Å². The van der Waals surface area contributed by atoms with E-state index in [4.69, 9.17) is 10.5 Å². The Hall–Kier alpha value is -2.08. The SMILES string of the molecule is CC(C)NC(N)=NCc1ccc(C(=O)N2CC(C)OC(C)C2)cc1. The van der Waals surface area contributed by atoms with Crippen LogP contribution in [0.3, 0.4) is 0 Å². The second kappa shape index (κ2) is 8.15. The lowest BCUT2D eigenvalue weighted by atomic mass is 10.1. The fourth-order valence-electron chi connectivity index (χ4n) is 2.80. The normalized spacial score (nSPS) is 21.9. The fourth-order valence-corrected chi connectivity index (χ4v) is 2.80. The van der Waals surface area contributed by atoms with E-state index >= 15 is 0 Å². The summed E-state index contributed by atoms with van der Waals surface area (Å²) in [4.78, 5) is 18.8. The van der Waals surface area contributed by atoms with Gasteiger partial charge in [0, 0.05) is 24.7 Å². The van der Waals surface area contributed by atoms with Crippen molar-refractivity contribution in [2.75, 3.05) is 13.1 Å². The molecule has 1 aromatic carbocycles. The van der Waals surface area contributed by atoms with Gasteiger partial charge in [0.05, 0.1) is 18.8 Å². The summed E-state index contributed by atoms with van der Waals surface area (Å²) in [6.45, 7) is 9.76. The highest BCUT2D eigenvalue weighted by Crippen LogP contribution is 2.15. The number of hydrogen-bond acceptors (Lipinski definition) is 3. The second-order valence-corrected chi connectivity index (χ2v) is 6.66. The minimum absolute atomic E-state index is 0.0491. The van der Waals surface area contributed by atoms with E-state index in [1.54, 1.807) is 0 Å². The number of morpholine rings is 1. The lowest BCUT2D eigenvalue weighted by molar-refractivity contribution is -0.0586. The zero-order valence-electron chi connectivity index (χ0n) is 15.0.